The highest BCUT2D eigenvalue weighted by atomic mass is 35.5. The van der Waals surface area contributed by atoms with Crippen molar-refractivity contribution in [3.8, 4) is 0 Å². The maximum Gasteiger partial charge on any atom is 0.223 e. The van der Waals surface area contributed by atoms with Gasteiger partial charge in [-0.15, -0.1) is 0 Å². The van der Waals surface area contributed by atoms with E-state index < -0.39 is 0 Å². The number of likely N-dealkylation sites (tertiary alicyclic amines) is 1. The smallest absolute Gasteiger partial charge is 0.223 e. The third kappa shape index (κ3) is 3.66. The second-order valence-corrected chi connectivity index (χ2v) is 5.94. The Morgan fingerprint density at radius 1 is 1.45 bits per heavy atom. The molecular weight excluding hydrogens is 295 g/mol. The quantitative estimate of drug-likeness (QED) is 0.905. The largest absolute Gasteiger partial charge is 0.338 e. The Labute approximate surface area is 130 Å². The molecule has 5 heteroatoms. The molecule has 0 saturated carbocycles. The molecule has 0 spiro atoms. The van der Waals surface area contributed by atoms with Crippen LogP contribution in [0.1, 0.15) is 24.8 Å². The Hall–Kier alpha value is -0.770. The Balaban J connectivity index is 1.93. The van der Waals surface area contributed by atoms with E-state index >= 15 is 0 Å². The third-order valence-corrected chi connectivity index (χ3v) is 4.64. The number of likely N-dealkylation sites (N-methyl/N-ethyl adjacent to an activating group) is 1. The summed E-state index contributed by atoms with van der Waals surface area (Å²) in [5.41, 5.74) is 0.942. The number of nitrogens with one attached hydrogen (secondary N) is 1. The molecule has 1 saturated heterocycles. The molecule has 20 heavy (non-hydrogen) atoms. The lowest BCUT2D eigenvalue weighted by atomic mass is 10.1. The monoisotopic (exact) mass is 314 g/mol. The minimum Gasteiger partial charge on any atom is -0.338 e. The summed E-state index contributed by atoms with van der Waals surface area (Å²) >= 11 is 12.1. The maximum absolute atomic E-state index is 12.3. The van der Waals surface area contributed by atoms with E-state index in [2.05, 4.69) is 5.32 Å². The van der Waals surface area contributed by atoms with Gasteiger partial charge in [0.25, 0.3) is 0 Å². The van der Waals surface area contributed by atoms with Crippen LogP contribution in [0.3, 0.4) is 0 Å². The average molecular weight is 315 g/mol. The zero-order valence-corrected chi connectivity index (χ0v) is 13.2. The van der Waals surface area contributed by atoms with Gasteiger partial charge in [-0.05, 0) is 37.9 Å². The molecule has 1 aliphatic heterocycles. The van der Waals surface area contributed by atoms with Gasteiger partial charge in [-0.1, -0.05) is 35.3 Å². The van der Waals surface area contributed by atoms with Gasteiger partial charge in [0.15, 0.2) is 0 Å². The lowest BCUT2D eigenvalue weighted by molar-refractivity contribution is -0.131. The van der Waals surface area contributed by atoms with Crippen molar-refractivity contribution in [1.29, 1.82) is 0 Å². The molecule has 1 aromatic rings. The van der Waals surface area contributed by atoms with Crippen molar-refractivity contribution in [3.63, 3.8) is 0 Å². The molecule has 1 fully saturated rings. The first-order valence-corrected chi connectivity index (χ1v) is 7.76. The highest BCUT2D eigenvalue weighted by Crippen LogP contribution is 2.27. The predicted octanol–water partition coefficient (Wildman–Crippen LogP) is 3.14. The van der Waals surface area contributed by atoms with E-state index in [4.69, 9.17) is 23.2 Å². The van der Waals surface area contributed by atoms with Crippen molar-refractivity contribution < 1.29 is 4.79 Å². The van der Waals surface area contributed by atoms with Crippen LogP contribution in [-0.2, 0) is 11.2 Å². The van der Waals surface area contributed by atoms with Crippen LogP contribution in [0.4, 0.5) is 0 Å². The average Bonchev–Trinajstić information content (AvgIpc) is 2.89. The molecule has 1 N–H and O–H groups in total. The molecule has 1 atom stereocenters. The number of carbonyl (C=O) groups is 1. The minimum absolute atomic E-state index is 0.207. The van der Waals surface area contributed by atoms with Crippen LogP contribution in [-0.4, -0.2) is 37.0 Å². The van der Waals surface area contributed by atoms with Gasteiger partial charge in [-0.2, -0.15) is 0 Å². The Bertz CT molecular complexity index is 479. The van der Waals surface area contributed by atoms with Crippen LogP contribution in [0.5, 0.6) is 0 Å². The summed E-state index contributed by atoms with van der Waals surface area (Å²) in [4.78, 5) is 14.3. The third-order valence-electron chi connectivity index (χ3n) is 3.78. The number of halogens is 2. The zero-order chi connectivity index (χ0) is 14.5. The van der Waals surface area contributed by atoms with Gasteiger partial charge in [0.05, 0.1) is 10.0 Å². The molecule has 0 aliphatic carbocycles. The number of hydrogen-bond donors (Lipinski definition) is 1. The van der Waals surface area contributed by atoms with Gasteiger partial charge < -0.3 is 10.2 Å². The van der Waals surface area contributed by atoms with Crippen molar-refractivity contribution in [2.24, 2.45) is 0 Å². The SMILES string of the molecule is CNC[C@H]1CCCN1C(=O)CCc1cccc(Cl)c1Cl. The Kier molecular flexibility index (Phi) is 5.70. The Morgan fingerprint density at radius 3 is 3.00 bits per heavy atom. The highest BCUT2D eigenvalue weighted by Gasteiger charge is 2.27. The number of nitrogens with zero attached hydrogens (tertiary/aromatic N) is 1. The molecule has 0 bridgehead atoms. The molecule has 2 rings (SSSR count). The number of carbonyl (C=O) groups excluding carboxylic acids is 1. The number of amides is 1. The van der Waals surface area contributed by atoms with Gasteiger partial charge in [0.2, 0.25) is 5.91 Å². The molecule has 1 aliphatic rings. The molecule has 1 amide bonds. The van der Waals surface area contributed by atoms with Gasteiger partial charge in [0, 0.05) is 25.6 Å². The van der Waals surface area contributed by atoms with E-state index in [1.807, 2.05) is 24.1 Å². The summed E-state index contributed by atoms with van der Waals surface area (Å²) in [6.45, 7) is 1.73. The van der Waals surface area contributed by atoms with E-state index in [1.54, 1.807) is 6.07 Å². The molecular formula is C15H20Cl2N2O. The zero-order valence-electron chi connectivity index (χ0n) is 11.7. The van der Waals surface area contributed by atoms with Gasteiger partial charge in [-0.3, -0.25) is 4.79 Å². The predicted molar refractivity (Wildman–Crippen MR) is 83.4 cm³/mol. The standard InChI is InChI=1S/C15H20Cl2N2O/c1-18-10-12-5-3-9-19(12)14(20)8-7-11-4-2-6-13(16)15(11)17/h2,4,6,12,18H,3,5,7-10H2,1H3/t12-/m1/s1. The van der Waals surface area contributed by atoms with Crippen LogP contribution in [0.15, 0.2) is 18.2 Å². The second kappa shape index (κ2) is 7.30. The van der Waals surface area contributed by atoms with E-state index in [0.29, 0.717) is 28.9 Å². The summed E-state index contributed by atoms with van der Waals surface area (Å²) in [5, 5.41) is 4.26. The number of rotatable bonds is 5. The molecule has 1 heterocycles. The summed E-state index contributed by atoms with van der Waals surface area (Å²) in [6, 6.07) is 5.89. The molecule has 0 unspecified atom stereocenters. The first-order chi connectivity index (χ1) is 9.63. The molecule has 0 radical (unpaired) electrons. The molecule has 1 aromatic carbocycles. The fourth-order valence-electron chi connectivity index (χ4n) is 2.74. The first-order valence-electron chi connectivity index (χ1n) is 7.00. The van der Waals surface area contributed by atoms with Crippen LogP contribution >= 0.6 is 23.2 Å². The van der Waals surface area contributed by atoms with Crippen molar-refractivity contribution in [2.45, 2.75) is 31.7 Å². The molecule has 3 nitrogen and oxygen atoms in total. The lowest BCUT2D eigenvalue weighted by Crippen LogP contribution is -2.40. The van der Waals surface area contributed by atoms with Crippen molar-refractivity contribution >= 4 is 29.1 Å². The lowest BCUT2D eigenvalue weighted by Gasteiger charge is -2.24. The summed E-state index contributed by atoms with van der Waals surface area (Å²) in [6.07, 6.45) is 3.31. The minimum atomic E-state index is 0.207. The normalized spacial score (nSPS) is 18.6. The van der Waals surface area contributed by atoms with Crippen molar-refractivity contribution in [3.05, 3.63) is 33.8 Å². The van der Waals surface area contributed by atoms with Crippen molar-refractivity contribution in [1.82, 2.24) is 10.2 Å². The van der Waals surface area contributed by atoms with E-state index in [0.717, 1.165) is 31.5 Å². The van der Waals surface area contributed by atoms with E-state index in [1.165, 1.54) is 0 Å². The van der Waals surface area contributed by atoms with Crippen LogP contribution < -0.4 is 5.32 Å². The maximum atomic E-state index is 12.3. The van der Waals surface area contributed by atoms with E-state index in [9.17, 15) is 4.79 Å². The second-order valence-electron chi connectivity index (χ2n) is 5.15. The molecule has 0 aromatic heterocycles. The number of benzene rings is 1. The molecule has 110 valence electrons. The van der Waals surface area contributed by atoms with Crippen LogP contribution in [0.2, 0.25) is 10.0 Å². The topological polar surface area (TPSA) is 32.3 Å². The summed E-state index contributed by atoms with van der Waals surface area (Å²) in [5.74, 6) is 0.207. The van der Waals surface area contributed by atoms with Crippen LogP contribution in [0, 0.1) is 0 Å². The van der Waals surface area contributed by atoms with Gasteiger partial charge in [0.1, 0.15) is 0 Å². The highest BCUT2D eigenvalue weighted by molar-refractivity contribution is 6.42. The Morgan fingerprint density at radius 2 is 2.25 bits per heavy atom. The fraction of sp³-hybridized carbons (Fsp3) is 0.533. The summed E-state index contributed by atoms with van der Waals surface area (Å²) in [7, 11) is 1.92. The van der Waals surface area contributed by atoms with Crippen molar-refractivity contribution in [2.75, 3.05) is 20.1 Å². The number of hydrogen-bond acceptors (Lipinski definition) is 2. The van der Waals surface area contributed by atoms with Crippen LogP contribution in [0.25, 0.3) is 0 Å². The summed E-state index contributed by atoms with van der Waals surface area (Å²) < 4.78 is 0. The first kappa shape index (κ1) is 15.6. The fourth-order valence-corrected chi connectivity index (χ4v) is 3.15. The number of aryl methyl sites for hydroxylation is 1. The van der Waals surface area contributed by atoms with Gasteiger partial charge >= 0.3 is 0 Å². The van der Waals surface area contributed by atoms with E-state index in [-0.39, 0.29) is 5.91 Å². The van der Waals surface area contributed by atoms with Gasteiger partial charge in [-0.25, -0.2) is 0 Å².